The molecule has 0 atom stereocenters. The third kappa shape index (κ3) is 4.15. The van der Waals surface area contributed by atoms with Gasteiger partial charge in [-0.15, -0.1) is 16.8 Å². The normalized spacial score (nSPS) is 11.9. The highest BCUT2D eigenvalue weighted by molar-refractivity contribution is 7.99. The zero-order valence-corrected chi connectivity index (χ0v) is 20.7. The van der Waals surface area contributed by atoms with Crippen molar-refractivity contribution in [2.24, 2.45) is 12.0 Å². The maximum absolute atomic E-state index is 9.41. The van der Waals surface area contributed by atoms with Crippen molar-refractivity contribution in [1.82, 2.24) is 19.1 Å². The molecule has 0 spiro atoms. The quantitative estimate of drug-likeness (QED) is 0.246. The Labute approximate surface area is 207 Å². The molecule has 0 aliphatic carbocycles. The smallest absolute Gasteiger partial charge is 0.226 e. The monoisotopic (exact) mass is 480 g/mol. The number of aryl methyl sites for hydroxylation is 1. The van der Waals surface area contributed by atoms with Crippen LogP contribution in [0.3, 0.4) is 0 Å². The van der Waals surface area contributed by atoms with E-state index in [-0.39, 0.29) is 0 Å². The van der Waals surface area contributed by atoms with Crippen LogP contribution in [0.1, 0.15) is 13.8 Å². The largest absolute Gasteiger partial charge is 0.481 e. The summed E-state index contributed by atoms with van der Waals surface area (Å²) < 4.78 is 9.05. The molecule has 0 fully saturated rings. The van der Waals surface area contributed by atoms with Gasteiger partial charge in [0.05, 0.1) is 41.7 Å². The van der Waals surface area contributed by atoms with Gasteiger partial charge in [0.2, 0.25) is 17.7 Å². The second-order valence-corrected chi connectivity index (χ2v) is 10.0. The first kappa shape index (κ1) is 22.7. The first-order valence-electron chi connectivity index (χ1n) is 11.2. The molecule has 5 rings (SSSR count). The topological polar surface area (TPSA) is 81.0 Å². The number of rotatable bonds is 5. The van der Waals surface area contributed by atoms with E-state index in [9.17, 15) is 5.26 Å². The Balaban J connectivity index is 1.77. The second kappa shape index (κ2) is 9.28. The summed E-state index contributed by atoms with van der Waals surface area (Å²) in [4.78, 5) is 14.4. The number of aromatic nitrogens is 4. The lowest BCUT2D eigenvalue weighted by Gasteiger charge is -2.10. The van der Waals surface area contributed by atoms with E-state index in [2.05, 4.69) is 65.2 Å². The van der Waals surface area contributed by atoms with E-state index in [0.717, 1.165) is 38.8 Å². The number of nitriles is 1. The van der Waals surface area contributed by atoms with Crippen molar-refractivity contribution < 1.29 is 4.74 Å². The van der Waals surface area contributed by atoms with E-state index in [1.807, 2.05) is 52.5 Å². The first-order chi connectivity index (χ1) is 17.0. The Bertz CT molecular complexity index is 1640. The average Bonchev–Trinajstić information content (AvgIpc) is 3.16. The van der Waals surface area contributed by atoms with Gasteiger partial charge in [-0.1, -0.05) is 32.0 Å². The lowest BCUT2D eigenvalue weighted by molar-refractivity contribution is 0.398. The number of thioether (sulfide) groups is 1. The molecule has 8 heteroatoms. The van der Waals surface area contributed by atoms with Gasteiger partial charge in [0.15, 0.2) is 0 Å². The molecule has 7 nitrogen and oxygen atoms in total. The Morgan fingerprint density at radius 1 is 1.00 bits per heavy atom. The van der Waals surface area contributed by atoms with Crippen LogP contribution in [0, 0.1) is 11.5 Å². The summed E-state index contributed by atoms with van der Waals surface area (Å²) in [5.74, 6) is 0.515. The summed E-state index contributed by atoms with van der Waals surface area (Å²) >= 11 is 1.85. The molecule has 0 radical (unpaired) electrons. The number of hydrogen-bond donors (Lipinski definition) is 0. The van der Waals surface area contributed by atoms with Gasteiger partial charge in [-0.25, -0.2) is 4.98 Å². The number of hydrogen-bond acceptors (Lipinski definition) is 6. The lowest BCUT2D eigenvalue weighted by Crippen LogP contribution is -2.22. The van der Waals surface area contributed by atoms with Crippen LogP contribution >= 0.6 is 11.8 Å². The lowest BCUT2D eigenvalue weighted by atomic mass is 10.0. The Morgan fingerprint density at radius 3 is 2.43 bits per heavy atom. The molecular formula is C27H24N6OS. The van der Waals surface area contributed by atoms with Crippen molar-refractivity contribution in [3.63, 3.8) is 0 Å². The molecule has 2 aromatic carbocycles. The minimum atomic E-state index is 0.490. The van der Waals surface area contributed by atoms with Crippen LogP contribution in [-0.4, -0.2) is 31.5 Å². The van der Waals surface area contributed by atoms with Gasteiger partial charge < -0.3 is 9.30 Å². The van der Waals surface area contributed by atoms with Crippen molar-refractivity contribution in [2.75, 3.05) is 7.11 Å². The predicted octanol–water partition coefficient (Wildman–Crippen LogP) is 5.47. The van der Waals surface area contributed by atoms with Crippen LogP contribution in [0.15, 0.2) is 76.9 Å². The number of ether oxygens (including phenoxy) is 1. The number of nitrogens with zero attached hydrogens (tertiary/aromatic N) is 6. The fourth-order valence-corrected chi connectivity index (χ4v) is 5.06. The summed E-state index contributed by atoms with van der Waals surface area (Å²) in [5, 5.41) is 10.9. The molecule has 0 saturated carbocycles. The third-order valence-corrected chi connectivity index (χ3v) is 6.82. The van der Waals surface area contributed by atoms with Crippen molar-refractivity contribution in [1.29, 1.82) is 5.26 Å². The second-order valence-electron chi connectivity index (χ2n) is 8.38. The van der Waals surface area contributed by atoms with Crippen LogP contribution in [0.5, 0.6) is 5.88 Å². The van der Waals surface area contributed by atoms with Gasteiger partial charge in [0.25, 0.3) is 0 Å². The number of pyridine rings is 2. The number of fused-ring (bicyclic) bond motifs is 3. The molecule has 0 saturated heterocycles. The molecule has 0 amide bonds. The third-order valence-electron chi connectivity index (χ3n) is 5.80. The molecule has 0 bridgehead atoms. The van der Waals surface area contributed by atoms with Gasteiger partial charge in [-0.05, 0) is 41.5 Å². The fourth-order valence-electron chi connectivity index (χ4n) is 4.22. The highest BCUT2D eigenvalue weighted by atomic mass is 32.2. The SMILES string of the molecule is COc1ccc(-n2/c(=N\C#N)n(C)c3cnc4ccc(-c5ccc(SC(C)C)cc5)cc4c32)cn1. The summed E-state index contributed by atoms with van der Waals surface area (Å²) in [6.45, 7) is 4.39. The zero-order valence-electron chi connectivity index (χ0n) is 19.9. The Kier molecular flexibility index (Phi) is 6.01. The molecule has 5 aromatic rings. The average molecular weight is 481 g/mol. The summed E-state index contributed by atoms with van der Waals surface area (Å²) in [6, 6.07) is 18.6. The predicted molar refractivity (Wildman–Crippen MR) is 139 cm³/mol. The maximum atomic E-state index is 9.41. The fraction of sp³-hybridized carbons (Fsp3) is 0.185. The van der Waals surface area contributed by atoms with Gasteiger partial charge in [-0.3, -0.25) is 9.55 Å². The Morgan fingerprint density at radius 2 is 1.77 bits per heavy atom. The summed E-state index contributed by atoms with van der Waals surface area (Å²) in [5.41, 5.74) is 6.12. The van der Waals surface area contributed by atoms with Crippen LogP contribution < -0.4 is 10.4 Å². The van der Waals surface area contributed by atoms with Gasteiger partial charge in [-0.2, -0.15) is 5.26 Å². The van der Waals surface area contributed by atoms with E-state index in [0.29, 0.717) is 16.7 Å². The highest BCUT2D eigenvalue weighted by Gasteiger charge is 2.16. The maximum Gasteiger partial charge on any atom is 0.226 e. The van der Waals surface area contributed by atoms with E-state index in [4.69, 9.17) is 4.74 Å². The minimum absolute atomic E-state index is 0.490. The van der Waals surface area contributed by atoms with Crippen LogP contribution in [0.4, 0.5) is 0 Å². The molecular weight excluding hydrogens is 456 g/mol. The molecule has 3 heterocycles. The summed E-state index contributed by atoms with van der Waals surface area (Å²) in [6.07, 6.45) is 5.47. The molecule has 0 N–H and O–H groups in total. The van der Waals surface area contributed by atoms with Crippen molar-refractivity contribution in [3.8, 4) is 28.9 Å². The summed E-state index contributed by atoms with van der Waals surface area (Å²) in [7, 11) is 3.46. The van der Waals surface area contributed by atoms with E-state index in [1.54, 1.807) is 19.4 Å². The minimum Gasteiger partial charge on any atom is -0.481 e. The van der Waals surface area contributed by atoms with Gasteiger partial charge >= 0.3 is 0 Å². The van der Waals surface area contributed by atoms with Crippen molar-refractivity contribution in [3.05, 3.63) is 72.6 Å². The zero-order chi connectivity index (χ0) is 24.5. The van der Waals surface area contributed by atoms with Crippen LogP contribution in [0.25, 0.3) is 38.8 Å². The number of imidazole rings is 1. The Hall–Kier alpha value is -4.09. The van der Waals surface area contributed by atoms with E-state index < -0.39 is 0 Å². The van der Waals surface area contributed by atoms with Crippen LogP contribution in [-0.2, 0) is 7.05 Å². The standard InChI is InChI=1S/C27H24N6OS/c1-17(2)35-21-9-5-18(6-10-21)19-7-11-23-22(13-19)26-24(15-29-23)32(3)27(31-16-28)33(26)20-8-12-25(34-4)30-14-20/h5-15,17H,1-4H3/b31-27-. The molecule has 174 valence electrons. The van der Waals surface area contributed by atoms with E-state index >= 15 is 0 Å². The number of methoxy groups -OCH3 is 1. The molecule has 0 aliphatic rings. The van der Waals surface area contributed by atoms with Gasteiger partial charge in [0, 0.05) is 28.6 Å². The molecule has 3 aromatic heterocycles. The molecule has 0 aliphatic heterocycles. The molecule has 35 heavy (non-hydrogen) atoms. The van der Waals surface area contributed by atoms with Crippen molar-refractivity contribution >= 4 is 33.7 Å². The van der Waals surface area contributed by atoms with Crippen LogP contribution in [0.2, 0.25) is 0 Å². The first-order valence-corrected chi connectivity index (χ1v) is 12.1. The van der Waals surface area contributed by atoms with Crippen molar-refractivity contribution in [2.45, 2.75) is 24.0 Å². The van der Waals surface area contributed by atoms with E-state index in [1.165, 1.54) is 4.90 Å². The highest BCUT2D eigenvalue weighted by Crippen LogP contribution is 2.31. The van der Waals surface area contributed by atoms with Gasteiger partial charge in [0.1, 0.15) is 0 Å². The molecule has 0 unspecified atom stereocenters. The number of benzene rings is 2.